The maximum atomic E-state index is 11.6. The van der Waals surface area contributed by atoms with Gasteiger partial charge >= 0.3 is 0 Å². The Balaban J connectivity index is 1.67. The zero-order valence-electron chi connectivity index (χ0n) is 9.68. The fraction of sp³-hybridized carbons (Fsp3) is 0.917. The summed E-state index contributed by atoms with van der Waals surface area (Å²) < 4.78 is 0. The highest BCUT2D eigenvalue weighted by atomic mass is 35.5. The van der Waals surface area contributed by atoms with E-state index in [0.29, 0.717) is 24.4 Å². The van der Waals surface area contributed by atoms with Gasteiger partial charge in [-0.05, 0) is 44.6 Å². The van der Waals surface area contributed by atoms with Crippen molar-refractivity contribution in [2.75, 3.05) is 12.4 Å². The first-order valence-corrected chi connectivity index (χ1v) is 6.90. The largest absolute Gasteiger partial charge is 0.353 e. The van der Waals surface area contributed by atoms with Gasteiger partial charge in [0.25, 0.3) is 0 Å². The summed E-state index contributed by atoms with van der Waals surface area (Å²) in [5.41, 5.74) is 0. The van der Waals surface area contributed by atoms with Crippen molar-refractivity contribution in [3.63, 3.8) is 0 Å². The molecule has 4 heteroatoms. The van der Waals surface area contributed by atoms with Crippen LogP contribution in [0.5, 0.6) is 0 Å². The highest BCUT2D eigenvalue weighted by molar-refractivity contribution is 6.17. The Kier molecular flexibility index (Phi) is 4.47. The molecular formula is C12H21ClN2O. The second-order valence-electron chi connectivity index (χ2n) is 5.09. The second-order valence-corrected chi connectivity index (χ2v) is 5.47. The van der Waals surface area contributed by atoms with E-state index in [0.717, 1.165) is 38.1 Å². The van der Waals surface area contributed by atoms with Crippen molar-refractivity contribution >= 4 is 17.5 Å². The standard InChI is InChI=1S/C12H21ClN2O/c13-4-2-1-3-12(16)15-11-6-9-5-10(7-11)14-8-9/h9-11,14H,1-8H2,(H,15,16). The summed E-state index contributed by atoms with van der Waals surface area (Å²) in [5.74, 6) is 1.65. The first-order valence-electron chi connectivity index (χ1n) is 6.36. The minimum atomic E-state index is 0.205. The minimum absolute atomic E-state index is 0.205. The zero-order chi connectivity index (χ0) is 11.4. The molecule has 0 spiro atoms. The van der Waals surface area contributed by atoms with E-state index >= 15 is 0 Å². The fourth-order valence-corrected chi connectivity index (χ4v) is 3.09. The van der Waals surface area contributed by atoms with Crippen LogP contribution in [0.2, 0.25) is 0 Å². The van der Waals surface area contributed by atoms with Gasteiger partial charge in [-0.1, -0.05) is 0 Å². The van der Waals surface area contributed by atoms with Crippen LogP contribution in [0.3, 0.4) is 0 Å². The number of halogens is 1. The number of carbonyl (C=O) groups excluding carboxylic acids is 1. The van der Waals surface area contributed by atoms with E-state index in [9.17, 15) is 4.79 Å². The van der Waals surface area contributed by atoms with Crippen LogP contribution in [-0.2, 0) is 4.79 Å². The van der Waals surface area contributed by atoms with Crippen LogP contribution in [0.15, 0.2) is 0 Å². The molecule has 0 radical (unpaired) electrons. The number of amides is 1. The Bertz CT molecular complexity index is 235. The smallest absolute Gasteiger partial charge is 0.220 e. The lowest BCUT2D eigenvalue weighted by atomic mass is 9.86. The zero-order valence-corrected chi connectivity index (χ0v) is 10.4. The lowest BCUT2D eigenvalue weighted by molar-refractivity contribution is -0.122. The highest BCUT2D eigenvalue weighted by Crippen LogP contribution is 2.29. The molecule has 0 aromatic rings. The molecule has 1 aliphatic heterocycles. The van der Waals surface area contributed by atoms with Crippen LogP contribution in [-0.4, -0.2) is 30.4 Å². The summed E-state index contributed by atoms with van der Waals surface area (Å²) in [5, 5.41) is 6.66. The number of rotatable bonds is 5. The number of hydrogen-bond acceptors (Lipinski definition) is 2. The first-order chi connectivity index (χ1) is 7.78. The third-order valence-electron chi connectivity index (χ3n) is 3.65. The van der Waals surface area contributed by atoms with Crippen LogP contribution in [0, 0.1) is 5.92 Å². The Hall–Kier alpha value is -0.280. The number of carbonyl (C=O) groups is 1. The van der Waals surface area contributed by atoms with Gasteiger partial charge in [-0.15, -0.1) is 11.6 Å². The Morgan fingerprint density at radius 1 is 1.31 bits per heavy atom. The molecule has 16 heavy (non-hydrogen) atoms. The van der Waals surface area contributed by atoms with Crippen LogP contribution >= 0.6 is 11.6 Å². The Morgan fingerprint density at radius 2 is 2.19 bits per heavy atom. The van der Waals surface area contributed by atoms with E-state index in [-0.39, 0.29) is 5.91 Å². The maximum absolute atomic E-state index is 11.6. The molecule has 3 atom stereocenters. The van der Waals surface area contributed by atoms with Gasteiger partial charge in [0.05, 0.1) is 0 Å². The SMILES string of the molecule is O=C(CCCCCl)NC1CC2CNC(C2)C1. The van der Waals surface area contributed by atoms with E-state index in [1.54, 1.807) is 0 Å². The second kappa shape index (κ2) is 5.87. The molecule has 1 aliphatic carbocycles. The maximum Gasteiger partial charge on any atom is 0.220 e. The molecular weight excluding hydrogens is 224 g/mol. The molecule has 92 valence electrons. The van der Waals surface area contributed by atoms with Gasteiger partial charge < -0.3 is 10.6 Å². The third-order valence-corrected chi connectivity index (χ3v) is 3.92. The number of fused-ring (bicyclic) bond motifs is 2. The van der Waals surface area contributed by atoms with Gasteiger partial charge in [-0.3, -0.25) is 4.79 Å². The predicted molar refractivity (Wildman–Crippen MR) is 65.6 cm³/mol. The van der Waals surface area contributed by atoms with Crippen LogP contribution in [0.4, 0.5) is 0 Å². The normalized spacial score (nSPS) is 32.7. The number of unbranched alkanes of at least 4 members (excludes halogenated alkanes) is 1. The van der Waals surface area contributed by atoms with Crippen molar-refractivity contribution in [3.05, 3.63) is 0 Å². The molecule has 3 nitrogen and oxygen atoms in total. The lowest BCUT2D eigenvalue weighted by Crippen LogP contribution is -2.41. The van der Waals surface area contributed by atoms with E-state index < -0.39 is 0 Å². The molecule has 2 fully saturated rings. The molecule has 1 saturated heterocycles. The number of alkyl halides is 1. The minimum Gasteiger partial charge on any atom is -0.353 e. The molecule has 2 rings (SSSR count). The predicted octanol–water partition coefficient (Wildman–Crippen LogP) is 1.65. The van der Waals surface area contributed by atoms with Gasteiger partial charge in [0.2, 0.25) is 5.91 Å². The first kappa shape index (κ1) is 12.2. The average Bonchev–Trinajstić information content (AvgIpc) is 2.58. The van der Waals surface area contributed by atoms with Gasteiger partial charge in [-0.25, -0.2) is 0 Å². The van der Waals surface area contributed by atoms with E-state index in [4.69, 9.17) is 11.6 Å². The fourth-order valence-electron chi connectivity index (χ4n) is 2.90. The molecule has 2 bridgehead atoms. The highest BCUT2D eigenvalue weighted by Gasteiger charge is 2.34. The van der Waals surface area contributed by atoms with Gasteiger partial charge in [0, 0.05) is 24.4 Å². The molecule has 3 unspecified atom stereocenters. The van der Waals surface area contributed by atoms with Crippen LogP contribution in [0.1, 0.15) is 38.5 Å². The summed E-state index contributed by atoms with van der Waals surface area (Å²) in [4.78, 5) is 11.6. The quantitative estimate of drug-likeness (QED) is 0.571. The van der Waals surface area contributed by atoms with Gasteiger partial charge in [-0.2, -0.15) is 0 Å². The van der Waals surface area contributed by atoms with Crippen molar-refractivity contribution in [1.82, 2.24) is 10.6 Å². The Morgan fingerprint density at radius 3 is 2.94 bits per heavy atom. The Labute approximate surface area is 102 Å². The molecule has 0 aromatic carbocycles. The summed E-state index contributed by atoms with van der Waals surface area (Å²) in [6, 6.07) is 1.05. The topological polar surface area (TPSA) is 41.1 Å². The molecule has 1 heterocycles. The van der Waals surface area contributed by atoms with Crippen molar-refractivity contribution < 1.29 is 4.79 Å². The summed E-state index contributed by atoms with van der Waals surface area (Å²) in [6.07, 6.45) is 6.05. The molecule has 2 aliphatic rings. The summed E-state index contributed by atoms with van der Waals surface area (Å²) >= 11 is 5.58. The summed E-state index contributed by atoms with van der Waals surface area (Å²) in [6.45, 7) is 1.14. The van der Waals surface area contributed by atoms with E-state index in [2.05, 4.69) is 10.6 Å². The van der Waals surface area contributed by atoms with Crippen LogP contribution < -0.4 is 10.6 Å². The van der Waals surface area contributed by atoms with Gasteiger partial charge in [0.1, 0.15) is 0 Å². The lowest BCUT2D eigenvalue weighted by Gasteiger charge is -2.27. The number of nitrogens with one attached hydrogen (secondary N) is 2. The third kappa shape index (κ3) is 3.36. The van der Waals surface area contributed by atoms with Crippen molar-refractivity contribution in [2.45, 2.75) is 50.6 Å². The monoisotopic (exact) mass is 244 g/mol. The van der Waals surface area contributed by atoms with Crippen molar-refractivity contribution in [2.24, 2.45) is 5.92 Å². The summed E-state index contributed by atoms with van der Waals surface area (Å²) in [7, 11) is 0. The molecule has 1 amide bonds. The van der Waals surface area contributed by atoms with E-state index in [1.165, 1.54) is 6.42 Å². The molecule has 1 saturated carbocycles. The van der Waals surface area contributed by atoms with E-state index in [1.807, 2.05) is 0 Å². The molecule has 0 aromatic heterocycles. The van der Waals surface area contributed by atoms with Crippen molar-refractivity contribution in [3.8, 4) is 0 Å². The molecule has 2 N–H and O–H groups in total. The average molecular weight is 245 g/mol. The van der Waals surface area contributed by atoms with Gasteiger partial charge in [0.15, 0.2) is 0 Å². The van der Waals surface area contributed by atoms with Crippen LogP contribution in [0.25, 0.3) is 0 Å². The number of hydrogen-bond donors (Lipinski definition) is 2. The van der Waals surface area contributed by atoms with Crippen molar-refractivity contribution in [1.29, 1.82) is 0 Å².